The smallest absolute Gasteiger partial charge is 0.324 e. The van der Waals surface area contributed by atoms with E-state index in [4.69, 9.17) is 5.73 Å². The number of anilines is 1. The molecule has 6 heteroatoms. The Kier molecular flexibility index (Phi) is 4.28. The van der Waals surface area contributed by atoms with Gasteiger partial charge in [0.05, 0.1) is 5.56 Å². The van der Waals surface area contributed by atoms with E-state index < -0.39 is 23.7 Å². The van der Waals surface area contributed by atoms with Crippen molar-refractivity contribution in [3.63, 3.8) is 0 Å². The van der Waals surface area contributed by atoms with E-state index in [0.717, 1.165) is 12.1 Å². The fourth-order valence-electron chi connectivity index (χ4n) is 1.81. The Hall–Kier alpha value is -2.34. The van der Waals surface area contributed by atoms with Crippen LogP contribution in [0.4, 0.5) is 18.9 Å². The van der Waals surface area contributed by atoms with Gasteiger partial charge in [-0.05, 0) is 23.8 Å². The molecule has 0 bridgehead atoms. The zero-order chi connectivity index (χ0) is 15.5. The number of carbonyl (C=O) groups excluding carboxylic acids is 1. The van der Waals surface area contributed by atoms with Crippen LogP contribution < -0.4 is 11.1 Å². The van der Waals surface area contributed by atoms with Gasteiger partial charge in [0, 0.05) is 5.69 Å². The van der Waals surface area contributed by atoms with Crippen LogP contribution in [0.25, 0.3) is 0 Å². The molecular weight excluding hydrogens is 281 g/mol. The first-order valence-corrected chi connectivity index (χ1v) is 6.16. The molecule has 0 saturated carbocycles. The highest BCUT2D eigenvalue weighted by Gasteiger charge is 2.30. The topological polar surface area (TPSA) is 55.1 Å². The summed E-state index contributed by atoms with van der Waals surface area (Å²) in [6.07, 6.45) is -4.46. The van der Waals surface area contributed by atoms with E-state index >= 15 is 0 Å². The van der Waals surface area contributed by atoms with Gasteiger partial charge in [0.25, 0.3) is 0 Å². The van der Waals surface area contributed by atoms with E-state index in [-0.39, 0.29) is 5.69 Å². The van der Waals surface area contributed by atoms with Crippen LogP contribution in [-0.4, -0.2) is 5.91 Å². The molecule has 1 amide bonds. The van der Waals surface area contributed by atoms with Gasteiger partial charge in [-0.3, -0.25) is 4.79 Å². The third-order valence-corrected chi connectivity index (χ3v) is 2.90. The summed E-state index contributed by atoms with van der Waals surface area (Å²) >= 11 is 0. The van der Waals surface area contributed by atoms with E-state index in [2.05, 4.69) is 5.32 Å². The second kappa shape index (κ2) is 5.97. The van der Waals surface area contributed by atoms with E-state index in [0.29, 0.717) is 5.56 Å². The standard InChI is InChI=1S/C15H13F3N2O/c16-15(17,18)11-7-4-8-12(9-11)20-14(21)13(19)10-5-2-1-3-6-10/h1-9,13H,19H2,(H,20,21)/t13-/m1/s1. The molecule has 0 aliphatic heterocycles. The normalized spacial score (nSPS) is 12.8. The molecule has 0 aliphatic carbocycles. The second-order valence-corrected chi connectivity index (χ2v) is 4.46. The van der Waals surface area contributed by atoms with Crippen LogP contribution in [0, 0.1) is 0 Å². The van der Waals surface area contributed by atoms with E-state index in [1.54, 1.807) is 30.3 Å². The first kappa shape index (κ1) is 15.1. The van der Waals surface area contributed by atoms with E-state index in [9.17, 15) is 18.0 Å². The number of rotatable bonds is 3. The Morgan fingerprint density at radius 1 is 1.05 bits per heavy atom. The quantitative estimate of drug-likeness (QED) is 0.912. The van der Waals surface area contributed by atoms with Crippen molar-refractivity contribution < 1.29 is 18.0 Å². The highest BCUT2D eigenvalue weighted by atomic mass is 19.4. The van der Waals surface area contributed by atoms with Gasteiger partial charge < -0.3 is 11.1 Å². The summed E-state index contributed by atoms with van der Waals surface area (Å²) in [5.41, 5.74) is 5.59. The molecule has 3 nitrogen and oxygen atoms in total. The Morgan fingerprint density at radius 3 is 2.33 bits per heavy atom. The SMILES string of the molecule is N[C@@H](C(=O)Nc1cccc(C(F)(F)F)c1)c1ccccc1. The number of amides is 1. The maximum Gasteiger partial charge on any atom is 0.416 e. The van der Waals surface area contributed by atoms with Gasteiger partial charge in [0.15, 0.2) is 0 Å². The molecule has 0 saturated heterocycles. The van der Waals surface area contributed by atoms with Gasteiger partial charge in [0.2, 0.25) is 5.91 Å². The van der Waals surface area contributed by atoms with E-state index in [1.807, 2.05) is 0 Å². The zero-order valence-corrected chi connectivity index (χ0v) is 10.9. The zero-order valence-electron chi connectivity index (χ0n) is 10.9. The highest BCUT2D eigenvalue weighted by Crippen LogP contribution is 2.30. The number of nitrogens with two attached hydrogens (primary N) is 1. The molecule has 0 aromatic heterocycles. The van der Waals surface area contributed by atoms with Crippen LogP contribution in [0.15, 0.2) is 54.6 Å². The highest BCUT2D eigenvalue weighted by molar-refractivity contribution is 5.95. The summed E-state index contributed by atoms with van der Waals surface area (Å²) in [7, 11) is 0. The molecular formula is C15H13F3N2O. The van der Waals surface area contributed by atoms with Crippen LogP contribution in [0.3, 0.4) is 0 Å². The number of benzene rings is 2. The van der Waals surface area contributed by atoms with Crippen molar-refractivity contribution in [2.75, 3.05) is 5.32 Å². The molecule has 110 valence electrons. The van der Waals surface area contributed by atoms with Crippen molar-refractivity contribution >= 4 is 11.6 Å². The van der Waals surface area contributed by atoms with Gasteiger partial charge in [-0.1, -0.05) is 36.4 Å². The first-order valence-electron chi connectivity index (χ1n) is 6.16. The summed E-state index contributed by atoms with van der Waals surface area (Å²) in [6.45, 7) is 0. The molecule has 0 fully saturated rings. The van der Waals surface area contributed by atoms with Crippen molar-refractivity contribution in [2.45, 2.75) is 12.2 Å². The Labute approximate surface area is 119 Å². The summed E-state index contributed by atoms with van der Waals surface area (Å²) in [5.74, 6) is -0.569. The third kappa shape index (κ3) is 3.82. The predicted molar refractivity (Wildman–Crippen MR) is 73.4 cm³/mol. The average Bonchev–Trinajstić information content (AvgIpc) is 2.47. The third-order valence-electron chi connectivity index (χ3n) is 2.90. The minimum Gasteiger partial charge on any atom is -0.324 e. The molecule has 0 heterocycles. The Morgan fingerprint density at radius 2 is 1.71 bits per heavy atom. The van der Waals surface area contributed by atoms with Gasteiger partial charge in [0.1, 0.15) is 6.04 Å². The maximum absolute atomic E-state index is 12.6. The number of nitrogens with one attached hydrogen (secondary N) is 1. The molecule has 3 N–H and O–H groups in total. The summed E-state index contributed by atoms with van der Waals surface area (Å²) in [6, 6.07) is 12.1. The molecule has 0 radical (unpaired) electrons. The van der Waals surface area contributed by atoms with Crippen molar-refractivity contribution in [2.24, 2.45) is 5.73 Å². The lowest BCUT2D eigenvalue weighted by Crippen LogP contribution is -2.27. The van der Waals surface area contributed by atoms with Gasteiger partial charge in [-0.25, -0.2) is 0 Å². The number of hydrogen-bond donors (Lipinski definition) is 2. The van der Waals surface area contributed by atoms with Crippen molar-refractivity contribution in [1.29, 1.82) is 0 Å². The molecule has 2 aromatic rings. The molecule has 0 aliphatic rings. The van der Waals surface area contributed by atoms with Crippen LogP contribution in [-0.2, 0) is 11.0 Å². The minimum atomic E-state index is -4.46. The Bertz CT molecular complexity index is 626. The van der Waals surface area contributed by atoms with Crippen molar-refractivity contribution in [3.05, 3.63) is 65.7 Å². The molecule has 2 aromatic carbocycles. The Balaban J connectivity index is 2.13. The fraction of sp³-hybridized carbons (Fsp3) is 0.133. The van der Waals surface area contributed by atoms with Crippen molar-refractivity contribution in [3.8, 4) is 0 Å². The number of alkyl halides is 3. The minimum absolute atomic E-state index is 0.0567. The molecule has 1 atom stereocenters. The van der Waals surface area contributed by atoms with E-state index in [1.165, 1.54) is 12.1 Å². The lowest BCUT2D eigenvalue weighted by atomic mass is 10.1. The second-order valence-electron chi connectivity index (χ2n) is 4.46. The maximum atomic E-state index is 12.6. The summed E-state index contributed by atoms with van der Waals surface area (Å²) < 4.78 is 37.8. The lowest BCUT2D eigenvalue weighted by molar-refractivity contribution is -0.137. The number of carbonyl (C=O) groups is 1. The van der Waals surface area contributed by atoms with Crippen LogP contribution in [0.2, 0.25) is 0 Å². The molecule has 0 spiro atoms. The van der Waals surface area contributed by atoms with Crippen molar-refractivity contribution in [1.82, 2.24) is 0 Å². The number of hydrogen-bond acceptors (Lipinski definition) is 2. The largest absolute Gasteiger partial charge is 0.416 e. The monoisotopic (exact) mass is 294 g/mol. The van der Waals surface area contributed by atoms with Gasteiger partial charge >= 0.3 is 6.18 Å². The predicted octanol–water partition coefficient (Wildman–Crippen LogP) is 3.34. The van der Waals surface area contributed by atoms with Gasteiger partial charge in [-0.15, -0.1) is 0 Å². The average molecular weight is 294 g/mol. The van der Waals surface area contributed by atoms with Gasteiger partial charge in [-0.2, -0.15) is 13.2 Å². The lowest BCUT2D eigenvalue weighted by Gasteiger charge is -2.14. The number of halogens is 3. The molecule has 2 rings (SSSR count). The van der Waals surface area contributed by atoms with Crippen LogP contribution in [0.1, 0.15) is 17.2 Å². The summed E-state index contributed by atoms with van der Waals surface area (Å²) in [5, 5.41) is 2.39. The molecule has 0 unspecified atom stereocenters. The summed E-state index contributed by atoms with van der Waals surface area (Å²) in [4.78, 5) is 12.0. The first-order chi connectivity index (χ1) is 9.88. The molecule has 21 heavy (non-hydrogen) atoms. The van der Waals surface area contributed by atoms with Crippen LogP contribution in [0.5, 0.6) is 0 Å². The van der Waals surface area contributed by atoms with Crippen LogP contribution >= 0.6 is 0 Å². The fourth-order valence-corrected chi connectivity index (χ4v) is 1.81.